The quantitative estimate of drug-likeness (QED) is 0.712. The molecule has 3 nitrogen and oxygen atoms in total. The first-order valence-corrected chi connectivity index (χ1v) is 9.34. The molecule has 2 rings (SSSR count). The summed E-state index contributed by atoms with van der Waals surface area (Å²) >= 11 is 0. The Labute approximate surface area is 141 Å². The van der Waals surface area contributed by atoms with Gasteiger partial charge in [0.05, 0.1) is 12.5 Å². The molecule has 0 aromatic rings. The Morgan fingerprint density at radius 1 is 0.739 bits per heavy atom. The van der Waals surface area contributed by atoms with Crippen LogP contribution in [0.25, 0.3) is 0 Å². The van der Waals surface area contributed by atoms with Crippen molar-refractivity contribution in [1.82, 2.24) is 0 Å². The second-order valence-electron chi connectivity index (χ2n) is 7.66. The van der Waals surface area contributed by atoms with Gasteiger partial charge in [0.25, 0.3) is 0 Å². The average Bonchev–Trinajstić information content (AvgIpc) is 2.61. The van der Waals surface area contributed by atoms with Gasteiger partial charge in [-0.1, -0.05) is 0 Å². The van der Waals surface area contributed by atoms with Gasteiger partial charge in [0.1, 0.15) is 0 Å². The van der Waals surface area contributed by atoms with E-state index in [1.165, 1.54) is 36.8 Å². The molecule has 2 N–H and O–H groups in total. The van der Waals surface area contributed by atoms with Crippen LogP contribution in [0.4, 0.5) is 0 Å². The number of ether oxygens (including phenoxy) is 1. The number of aliphatic hydroxyl groups excluding tert-OH is 2. The van der Waals surface area contributed by atoms with Gasteiger partial charge in [0.15, 0.2) is 0 Å². The van der Waals surface area contributed by atoms with Crippen molar-refractivity contribution in [1.29, 1.82) is 0 Å². The molecule has 0 aromatic heterocycles. The minimum atomic E-state index is 0.340. The Balaban J connectivity index is 1.76. The van der Waals surface area contributed by atoms with Crippen LogP contribution >= 0.6 is 0 Å². The normalized spacial score (nSPS) is 33.6. The molecule has 0 aromatic carbocycles. The molecule has 132 valence electrons. The summed E-state index contributed by atoms with van der Waals surface area (Å²) in [6, 6.07) is 0. The highest BCUT2D eigenvalue weighted by Crippen LogP contribution is 2.34. The zero-order chi connectivity index (χ0) is 16.7. The fourth-order valence-corrected chi connectivity index (χ4v) is 4.04. The molecule has 3 heteroatoms. The molecule has 2 aliphatic carbocycles. The predicted octanol–water partition coefficient (Wildman–Crippen LogP) is 4.41. The fourth-order valence-electron chi connectivity index (χ4n) is 4.04. The first kappa shape index (κ1) is 18.5. The minimum Gasteiger partial charge on any atom is -0.473 e. The summed E-state index contributed by atoms with van der Waals surface area (Å²) < 4.78 is 5.75. The maximum absolute atomic E-state index is 9.21. The highest BCUT2D eigenvalue weighted by Gasteiger charge is 2.23. The van der Waals surface area contributed by atoms with Crippen molar-refractivity contribution in [3.05, 3.63) is 23.7 Å². The summed E-state index contributed by atoms with van der Waals surface area (Å²) in [5.41, 5.74) is 2.66. The largest absolute Gasteiger partial charge is 0.473 e. The van der Waals surface area contributed by atoms with Crippen LogP contribution in [0.3, 0.4) is 0 Å². The molecule has 0 radical (unpaired) electrons. The molecule has 0 aliphatic heterocycles. The van der Waals surface area contributed by atoms with E-state index in [-0.39, 0.29) is 0 Å². The first-order valence-electron chi connectivity index (χ1n) is 9.34. The topological polar surface area (TPSA) is 49.7 Å². The highest BCUT2D eigenvalue weighted by atomic mass is 16.5. The van der Waals surface area contributed by atoms with Crippen molar-refractivity contribution >= 4 is 0 Å². The standard InChI is InChI=1S/C20H34O3/c1-15(19-7-3-17(11-21)4-8-19)13-23-14-16(2)20-9-5-18(12-22)6-10-20/h13-14,17-22H,3-12H2,1-2H3. The Bertz CT molecular complexity index is 359. The lowest BCUT2D eigenvalue weighted by atomic mass is 9.79. The van der Waals surface area contributed by atoms with Crippen LogP contribution in [0.5, 0.6) is 0 Å². The van der Waals surface area contributed by atoms with Gasteiger partial charge in [-0.3, -0.25) is 0 Å². The van der Waals surface area contributed by atoms with Crippen LogP contribution in [-0.2, 0) is 4.74 Å². The van der Waals surface area contributed by atoms with Gasteiger partial charge >= 0.3 is 0 Å². The molecule has 0 heterocycles. The summed E-state index contributed by atoms with van der Waals surface area (Å²) in [7, 11) is 0. The van der Waals surface area contributed by atoms with E-state index < -0.39 is 0 Å². The molecule has 0 atom stereocenters. The van der Waals surface area contributed by atoms with E-state index in [0.717, 1.165) is 25.7 Å². The summed E-state index contributed by atoms with van der Waals surface area (Å²) in [6.45, 7) is 5.01. The van der Waals surface area contributed by atoms with Gasteiger partial charge in [0, 0.05) is 13.2 Å². The van der Waals surface area contributed by atoms with Gasteiger partial charge < -0.3 is 14.9 Å². The van der Waals surface area contributed by atoms with E-state index in [9.17, 15) is 10.2 Å². The molecule has 0 saturated heterocycles. The van der Waals surface area contributed by atoms with E-state index in [2.05, 4.69) is 13.8 Å². The lowest BCUT2D eigenvalue weighted by Crippen LogP contribution is -2.18. The number of rotatable bonds is 6. The molecule has 0 amide bonds. The lowest BCUT2D eigenvalue weighted by Gasteiger charge is -2.28. The lowest BCUT2D eigenvalue weighted by molar-refractivity contribution is 0.173. The maximum atomic E-state index is 9.21. The van der Waals surface area contributed by atoms with Gasteiger partial charge in [-0.25, -0.2) is 0 Å². The molecule has 2 saturated carbocycles. The summed E-state index contributed by atoms with van der Waals surface area (Å²) in [6.07, 6.45) is 13.1. The molecule has 0 spiro atoms. The maximum Gasteiger partial charge on any atom is 0.0893 e. The van der Waals surface area contributed by atoms with Crippen molar-refractivity contribution in [3.8, 4) is 0 Å². The van der Waals surface area contributed by atoms with Crippen LogP contribution in [-0.4, -0.2) is 23.4 Å². The third-order valence-corrected chi connectivity index (χ3v) is 6.01. The van der Waals surface area contributed by atoms with Crippen LogP contribution in [0.15, 0.2) is 23.7 Å². The van der Waals surface area contributed by atoms with E-state index >= 15 is 0 Å². The number of allylic oxidation sites excluding steroid dienone is 2. The molecule has 0 unspecified atom stereocenters. The van der Waals surface area contributed by atoms with Gasteiger partial charge in [0.2, 0.25) is 0 Å². The average molecular weight is 322 g/mol. The Kier molecular flexibility index (Phi) is 7.64. The number of hydrogen-bond donors (Lipinski definition) is 2. The molecule has 0 bridgehead atoms. The van der Waals surface area contributed by atoms with Crippen molar-refractivity contribution in [2.24, 2.45) is 23.7 Å². The predicted molar refractivity (Wildman–Crippen MR) is 93.7 cm³/mol. The van der Waals surface area contributed by atoms with Crippen molar-refractivity contribution in [3.63, 3.8) is 0 Å². The van der Waals surface area contributed by atoms with Crippen LogP contribution < -0.4 is 0 Å². The van der Waals surface area contributed by atoms with Crippen molar-refractivity contribution in [2.45, 2.75) is 65.2 Å². The number of aliphatic hydroxyl groups is 2. The Hall–Kier alpha value is -0.800. The fraction of sp³-hybridized carbons (Fsp3) is 0.800. The molecular formula is C20H34O3. The third kappa shape index (κ3) is 5.65. The van der Waals surface area contributed by atoms with Crippen molar-refractivity contribution < 1.29 is 14.9 Å². The van der Waals surface area contributed by atoms with Crippen LogP contribution in [0, 0.1) is 23.7 Å². The molecule has 2 aliphatic rings. The van der Waals surface area contributed by atoms with Crippen LogP contribution in [0.1, 0.15) is 65.2 Å². The van der Waals surface area contributed by atoms with Gasteiger partial charge in [-0.05, 0) is 100 Å². The highest BCUT2D eigenvalue weighted by molar-refractivity contribution is 5.05. The number of hydrogen-bond acceptors (Lipinski definition) is 3. The van der Waals surface area contributed by atoms with Gasteiger partial charge in [-0.2, -0.15) is 0 Å². The first-order chi connectivity index (χ1) is 11.1. The summed E-state index contributed by atoms with van der Waals surface area (Å²) in [5.74, 6) is 2.25. The zero-order valence-electron chi connectivity index (χ0n) is 14.8. The summed E-state index contributed by atoms with van der Waals surface area (Å²) in [5, 5.41) is 18.4. The van der Waals surface area contributed by atoms with E-state index in [1.807, 2.05) is 12.5 Å². The van der Waals surface area contributed by atoms with Gasteiger partial charge in [-0.15, -0.1) is 0 Å². The molecular weight excluding hydrogens is 288 g/mol. The van der Waals surface area contributed by atoms with Crippen molar-refractivity contribution in [2.75, 3.05) is 13.2 Å². The zero-order valence-corrected chi connectivity index (χ0v) is 14.8. The van der Waals surface area contributed by atoms with E-state index in [1.54, 1.807) is 0 Å². The van der Waals surface area contributed by atoms with E-state index in [0.29, 0.717) is 36.9 Å². The molecule has 2 fully saturated rings. The Morgan fingerprint density at radius 2 is 1.09 bits per heavy atom. The SMILES string of the molecule is CC(=COC=C(C)C1CCC(CO)CC1)C1CCC(CO)CC1. The smallest absolute Gasteiger partial charge is 0.0893 e. The second kappa shape index (κ2) is 9.48. The molecule has 23 heavy (non-hydrogen) atoms. The minimum absolute atomic E-state index is 0.340. The summed E-state index contributed by atoms with van der Waals surface area (Å²) in [4.78, 5) is 0. The monoisotopic (exact) mass is 322 g/mol. The Morgan fingerprint density at radius 3 is 1.39 bits per heavy atom. The second-order valence-corrected chi connectivity index (χ2v) is 7.66. The van der Waals surface area contributed by atoms with E-state index in [4.69, 9.17) is 4.74 Å². The third-order valence-electron chi connectivity index (χ3n) is 6.01. The van der Waals surface area contributed by atoms with Crippen LogP contribution in [0.2, 0.25) is 0 Å².